The number of aliphatic hydroxyl groups excluding tert-OH is 3. The number of nitrogens with zero attached hydrogens (tertiary/aromatic N) is 8. The Morgan fingerprint density at radius 1 is 0.729 bits per heavy atom. The molecule has 70 heavy (non-hydrogen) atoms. The molecular formula is C49H54F2N10O9. The minimum absolute atomic E-state index is 0.140. The monoisotopic (exact) mass is 964 g/mol. The molecule has 11 rings (SSSR count). The quantitative estimate of drug-likeness (QED) is 0.0911. The molecule has 4 aliphatic rings. The minimum atomic E-state index is -1.91. The Morgan fingerprint density at radius 2 is 1.27 bits per heavy atom. The third-order valence-corrected chi connectivity index (χ3v) is 14.3. The van der Waals surface area contributed by atoms with Crippen molar-refractivity contribution in [2.45, 2.75) is 97.9 Å². The van der Waals surface area contributed by atoms with Crippen LogP contribution in [-0.2, 0) is 24.5 Å². The van der Waals surface area contributed by atoms with Crippen LogP contribution in [0.15, 0.2) is 110 Å². The number of nitrogens with one attached hydrogen (secondary N) is 1. The van der Waals surface area contributed by atoms with Crippen molar-refractivity contribution < 1.29 is 52.9 Å². The number of aromatic nitrogens is 8. The molecule has 4 aromatic heterocycles. The van der Waals surface area contributed by atoms with E-state index in [4.69, 9.17) is 39.4 Å². The Hall–Kier alpha value is -6.30. The number of rotatable bonds is 12. The first-order valence-corrected chi connectivity index (χ1v) is 22.9. The van der Waals surface area contributed by atoms with Crippen LogP contribution in [-0.4, -0.2) is 134 Å². The molecular weight excluding hydrogens is 911 g/mol. The van der Waals surface area contributed by atoms with Crippen LogP contribution in [0, 0.1) is 0 Å². The highest BCUT2D eigenvalue weighted by atomic mass is 19.1. The molecule has 4 fully saturated rings. The van der Waals surface area contributed by atoms with Gasteiger partial charge in [-0.25, -0.2) is 38.7 Å². The van der Waals surface area contributed by atoms with E-state index in [1.807, 2.05) is 67.6 Å². The van der Waals surface area contributed by atoms with Crippen LogP contribution in [0.25, 0.3) is 22.3 Å². The van der Waals surface area contributed by atoms with Crippen LogP contribution < -0.4 is 15.8 Å². The van der Waals surface area contributed by atoms with Gasteiger partial charge in [0.15, 0.2) is 57.9 Å². The number of methoxy groups -OCH3 is 1. The van der Waals surface area contributed by atoms with E-state index in [1.54, 1.807) is 18.0 Å². The van der Waals surface area contributed by atoms with Crippen LogP contribution in [0.1, 0.15) is 68.7 Å². The third kappa shape index (κ3) is 7.28. The number of ether oxygens (including phenoxy) is 5. The van der Waals surface area contributed by atoms with Crippen LogP contribution in [0.2, 0.25) is 0 Å². The van der Waals surface area contributed by atoms with E-state index in [0.717, 1.165) is 35.3 Å². The summed E-state index contributed by atoms with van der Waals surface area (Å²) in [6, 6.07) is 28.3. The molecule has 1 saturated carbocycles. The Morgan fingerprint density at radius 3 is 1.84 bits per heavy atom. The van der Waals surface area contributed by atoms with Gasteiger partial charge >= 0.3 is 0 Å². The second-order valence-corrected chi connectivity index (χ2v) is 18.6. The summed E-state index contributed by atoms with van der Waals surface area (Å²) < 4.78 is 61.8. The fourth-order valence-electron chi connectivity index (χ4n) is 10.7. The molecule has 19 nitrogen and oxygen atoms in total. The molecule has 0 unspecified atom stereocenters. The molecule has 3 aliphatic heterocycles. The van der Waals surface area contributed by atoms with E-state index in [1.165, 1.54) is 30.5 Å². The van der Waals surface area contributed by atoms with Gasteiger partial charge in [0, 0.05) is 12.8 Å². The molecule has 368 valence electrons. The van der Waals surface area contributed by atoms with Crippen molar-refractivity contribution in [3.63, 3.8) is 0 Å². The first-order chi connectivity index (χ1) is 33.8. The number of aliphatic hydroxyl groups is 4. The van der Waals surface area contributed by atoms with E-state index in [0.29, 0.717) is 29.8 Å². The summed E-state index contributed by atoms with van der Waals surface area (Å²) in [4.78, 5) is 26.0. The molecule has 7 aromatic rings. The molecule has 3 aromatic carbocycles. The molecule has 7 heterocycles. The zero-order valence-corrected chi connectivity index (χ0v) is 38.6. The Kier molecular flexibility index (Phi) is 12.1. The SMILES string of the molecule is COc1ccc(C(Nc2ncnc3c2ncn3[C@@H]2O[C@@](CO)(CF)[C@H]3OC4(CCCC4)O[C@]32C)(c2ccccc2)c2ccccc2)cc1.C[C@@]1(O)[C@H](O)[C@](CO)(CF)O[C@H]1n1cnc2c(N)ncnc21. The number of imidazole rings is 2. The largest absolute Gasteiger partial charge is 0.497 e. The van der Waals surface area contributed by atoms with Gasteiger partial charge in [-0.1, -0.05) is 72.8 Å². The molecule has 21 heteroatoms. The lowest BCUT2D eigenvalue weighted by atomic mass is 9.77. The normalized spacial score (nSPS) is 29.1. The number of alkyl halides is 2. The van der Waals surface area contributed by atoms with Gasteiger partial charge in [0.05, 0.1) is 33.0 Å². The molecule has 8 atom stereocenters. The van der Waals surface area contributed by atoms with E-state index >= 15 is 0 Å². The topological polar surface area (TPSA) is 252 Å². The summed E-state index contributed by atoms with van der Waals surface area (Å²) in [5.41, 5.74) is 2.71. The van der Waals surface area contributed by atoms with Gasteiger partial charge in [0.1, 0.15) is 66.2 Å². The Bertz CT molecular complexity index is 2910. The van der Waals surface area contributed by atoms with Crippen molar-refractivity contribution in [2.75, 3.05) is 44.7 Å². The van der Waals surface area contributed by atoms with Crippen molar-refractivity contribution in [1.29, 1.82) is 0 Å². The average molecular weight is 965 g/mol. The summed E-state index contributed by atoms with van der Waals surface area (Å²) in [7, 11) is 1.65. The molecule has 1 aliphatic carbocycles. The van der Waals surface area contributed by atoms with E-state index in [2.05, 4.69) is 49.5 Å². The second-order valence-electron chi connectivity index (χ2n) is 18.6. The van der Waals surface area contributed by atoms with E-state index < -0.39 is 85.0 Å². The van der Waals surface area contributed by atoms with Crippen molar-refractivity contribution in [2.24, 2.45) is 0 Å². The molecule has 7 N–H and O–H groups in total. The first kappa shape index (κ1) is 47.4. The Labute approximate surface area is 400 Å². The molecule has 0 bridgehead atoms. The van der Waals surface area contributed by atoms with E-state index in [9.17, 15) is 29.2 Å². The highest BCUT2D eigenvalue weighted by molar-refractivity contribution is 5.84. The van der Waals surface area contributed by atoms with Gasteiger partial charge in [-0.15, -0.1) is 0 Å². The van der Waals surface area contributed by atoms with Crippen molar-refractivity contribution in [1.82, 2.24) is 39.0 Å². The van der Waals surface area contributed by atoms with E-state index in [-0.39, 0.29) is 17.0 Å². The predicted octanol–water partition coefficient (Wildman–Crippen LogP) is 4.66. The Balaban J connectivity index is 0.000000215. The van der Waals surface area contributed by atoms with Gasteiger partial charge in [0.2, 0.25) is 0 Å². The number of nitrogen functional groups attached to an aromatic ring is 1. The maximum absolute atomic E-state index is 14.9. The number of hydrogen-bond donors (Lipinski definition) is 6. The van der Waals surface area contributed by atoms with Gasteiger partial charge in [0.25, 0.3) is 0 Å². The van der Waals surface area contributed by atoms with Gasteiger partial charge < -0.3 is 55.2 Å². The zero-order chi connectivity index (χ0) is 49.1. The highest BCUT2D eigenvalue weighted by Crippen LogP contribution is 2.59. The smallest absolute Gasteiger partial charge is 0.170 e. The van der Waals surface area contributed by atoms with Crippen LogP contribution >= 0.6 is 0 Å². The number of halogens is 2. The first-order valence-electron chi connectivity index (χ1n) is 22.9. The zero-order valence-electron chi connectivity index (χ0n) is 38.6. The molecule has 0 radical (unpaired) electrons. The fourth-order valence-corrected chi connectivity index (χ4v) is 10.7. The van der Waals surface area contributed by atoms with Gasteiger partial charge in [-0.3, -0.25) is 9.13 Å². The predicted molar refractivity (Wildman–Crippen MR) is 248 cm³/mol. The van der Waals surface area contributed by atoms with Crippen molar-refractivity contribution in [3.8, 4) is 5.75 Å². The molecule has 0 amide bonds. The summed E-state index contributed by atoms with van der Waals surface area (Å²) in [5.74, 6) is 0.529. The average Bonchev–Trinajstić information content (AvgIpc) is 4.25. The lowest BCUT2D eigenvalue weighted by Gasteiger charge is -2.37. The summed E-state index contributed by atoms with van der Waals surface area (Å²) in [5, 5.41) is 44.4. The number of hydrogen-bond acceptors (Lipinski definition) is 17. The lowest BCUT2D eigenvalue weighted by Crippen LogP contribution is -2.52. The summed E-state index contributed by atoms with van der Waals surface area (Å²) in [6.45, 7) is -0.304. The molecule has 3 saturated heterocycles. The van der Waals surface area contributed by atoms with Crippen LogP contribution in [0.3, 0.4) is 0 Å². The van der Waals surface area contributed by atoms with Crippen molar-refractivity contribution >= 4 is 34.0 Å². The number of fused-ring (bicyclic) bond motifs is 3. The highest BCUT2D eigenvalue weighted by Gasteiger charge is 2.72. The van der Waals surface area contributed by atoms with Crippen LogP contribution in [0.5, 0.6) is 5.75 Å². The maximum Gasteiger partial charge on any atom is 0.170 e. The maximum atomic E-state index is 14.9. The standard InChI is InChI=1S/C37H38FN5O5.C12H16FN5O4/c1-34-32(46-36(48-34)19-9-10-20-36)35(21-38,22-44)47-33(34)43-24-41-29-30(39-23-40-31(29)43)42-37(25-11-5-3-6-12-25,26-13-7-4-8-14-26)27-15-17-28(45-2)18-16-27;1-11(21)9(20)12(2-13,3-19)22-10(11)18-5-17-6-7(14)15-4-16-8(6)18/h3-8,11-18,23-24,32-33,44H,9-10,19-22H2,1-2H3,(H,39,40,42);4-5,9-10,19-21H,2-3H2,1H3,(H2,14,15,16)/t32-,33+,34+,35+;9-,10+,11+,12+/m00/s1. The summed E-state index contributed by atoms with van der Waals surface area (Å²) >= 11 is 0. The lowest BCUT2D eigenvalue weighted by molar-refractivity contribution is -0.252. The number of nitrogens with two attached hydrogens (primary N) is 1. The van der Waals surface area contributed by atoms with Crippen molar-refractivity contribution in [3.05, 3.63) is 127 Å². The van der Waals surface area contributed by atoms with Gasteiger partial charge in [-0.2, -0.15) is 0 Å². The summed E-state index contributed by atoms with van der Waals surface area (Å²) in [6.07, 6.45) is 4.35. The third-order valence-electron chi connectivity index (χ3n) is 14.3. The van der Waals surface area contributed by atoms with Gasteiger partial charge in [-0.05, 0) is 55.5 Å². The fraction of sp³-hybridized carbons (Fsp3) is 0.429. The number of anilines is 2. The second kappa shape index (κ2) is 17.8. The number of benzene rings is 3. The van der Waals surface area contributed by atoms with Crippen LogP contribution in [0.4, 0.5) is 20.4 Å². The minimum Gasteiger partial charge on any atom is -0.497 e. The molecule has 1 spiro atoms.